The zero-order chi connectivity index (χ0) is 25.2. The maximum Gasteiger partial charge on any atom is 0.306 e. The Morgan fingerprint density at radius 3 is 2.00 bits per heavy atom. The number of aryl methyl sites for hydroxylation is 2. The van der Waals surface area contributed by atoms with Gasteiger partial charge in [0.15, 0.2) is 6.61 Å². The van der Waals surface area contributed by atoms with E-state index in [1.54, 1.807) is 24.3 Å². The van der Waals surface area contributed by atoms with Crippen LogP contribution < -0.4 is 15.4 Å². The summed E-state index contributed by atoms with van der Waals surface area (Å²) < 4.78 is 11.7. The Balaban J connectivity index is 1.34. The van der Waals surface area contributed by atoms with Crippen LogP contribution in [-0.2, 0) is 19.1 Å². The average Bonchev–Trinajstić information content (AvgIpc) is 2.83. The summed E-state index contributed by atoms with van der Waals surface area (Å²) in [5, 5.41) is 5.55. The van der Waals surface area contributed by atoms with Gasteiger partial charge < -0.3 is 20.1 Å². The normalized spacial score (nSPS) is 10.4. The largest absolute Gasteiger partial charge is 0.457 e. The molecule has 0 radical (unpaired) electrons. The minimum absolute atomic E-state index is 0.0457. The number of amides is 2. The summed E-state index contributed by atoms with van der Waals surface area (Å²) in [4.78, 5) is 36.2. The molecular formula is C27H27BrN2O5. The first-order chi connectivity index (χ1) is 16.8. The van der Waals surface area contributed by atoms with Crippen molar-refractivity contribution in [2.24, 2.45) is 0 Å². The molecule has 2 amide bonds. The van der Waals surface area contributed by atoms with Crippen LogP contribution in [0.4, 0.5) is 11.4 Å². The highest BCUT2D eigenvalue weighted by atomic mass is 79.9. The molecule has 3 aromatic rings. The molecule has 0 spiro atoms. The average molecular weight is 539 g/mol. The molecule has 0 bridgehead atoms. The third-order valence-corrected chi connectivity index (χ3v) is 5.61. The van der Waals surface area contributed by atoms with E-state index in [-0.39, 0.29) is 25.4 Å². The van der Waals surface area contributed by atoms with E-state index < -0.39 is 11.9 Å². The quantitative estimate of drug-likeness (QED) is 0.302. The minimum Gasteiger partial charge on any atom is -0.457 e. The van der Waals surface area contributed by atoms with Crippen LogP contribution in [0, 0.1) is 13.8 Å². The van der Waals surface area contributed by atoms with Crippen LogP contribution in [-0.4, -0.2) is 24.4 Å². The Bertz CT molecular complexity index is 1160. The number of esters is 1. The van der Waals surface area contributed by atoms with Crippen LogP contribution in [0.2, 0.25) is 0 Å². The fourth-order valence-electron chi connectivity index (χ4n) is 3.27. The number of hydrogen-bond acceptors (Lipinski definition) is 5. The van der Waals surface area contributed by atoms with E-state index in [0.717, 1.165) is 21.3 Å². The molecule has 0 fully saturated rings. The predicted molar refractivity (Wildman–Crippen MR) is 139 cm³/mol. The molecule has 35 heavy (non-hydrogen) atoms. The highest BCUT2D eigenvalue weighted by molar-refractivity contribution is 9.10. The molecule has 0 saturated carbocycles. The SMILES string of the molecule is Cc1cccc(C)c1NC(=O)COC(=O)CCCC(=O)Nc1ccc(Oc2ccc(Br)cc2)cc1. The zero-order valence-corrected chi connectivity index (χ0v) is 21.2. The van der Waals surface area contributed by atoms with E-state index in [4.69, 9.17) is 9.47 Å². The number of halogens is 1. The van der Waals surface area contributed by atoms with Gasteiger partial charge in [0.05, 0.1) is 0 Å². The standard InChI is InChI=1S/C27H27BrN2O5/c1-18-5-3-6-19(2)27(18)30-25(32)17-34-26(33)8-4-7-24(31)29-21-11-15-23(16-12-21)35-22-13-9-20(28)10-14-22/h3,5-6,9-16H,4,7-8,17H2,1-2H3,(H,29,31)(H,30,32). The summed E-state index contributed by atoms with van der Waals surface area (Å²) in [6.07, 6.45) is 0.513. The molecule has 7 nitrogen and oxygen atoms in total. The van der Waals surface area contributed by atoms with Gasteiger partial charge in [-0.2, -0.15) is 0 Å². The second-order valence-corrected chi connectivity index (χ2v) is 8.87. The molecule has 0 heterocycles. The number of benzene rings is 3. The third kappa shape index (κ3) is 8.57. The van der Waals surface area contributed by atoms with Crippen molar-refractivity contribution in [1.29, 1.82) is 0 Å². The van der Waals surface area contributed by atoms with Crippen molar-refractivity contribution < 1.29 is 23.9 Å². The molecule has 0 unspecified atom stereocenters. The summed E-state index contributed by atoms with van der Waals surface area (Å²) in [6, 6.07) is 20.2. The molecule has 0 aliphatic rings. The second kappa shape index (κ2) is 12.7. The highest BCUT2D eigenvalue weighted by Crippen LogP contribution is 2.24. The molecule has 3 aromatic carbocycles. The lowest BCUT2D eigenvalue weighted by Gasteiger charge is -2.11. The maximum absolute atomic E-state index is 12.2. The summed E-state index contributed by atoms with van der Waals surface area (Å²) in [5.74, 6) is 0.214. The first-order valence-electron chi connectivity index (χ1n) is 11.1. The van der Waals surface area contributed by atoms with Crippen molar-refractivity contribution in [3.8, 4) is 11.5 Å². The number of anilines is 2. The molecule has 0 atom stereocenters. The number of rotatable bonds is 10. The van der Waals surface area contributed by atoms with Gasteiger partial charge >= 0.3 is 5.97 Å². The van der Waals surface area contributed by atoms with E-state index in [1.807, 2.05) is 56.3 Å². The van der Waals surface area contributed by atoms with Crippen LogP contribution in [0.1, 0.15) is 30.4 Å². The summed E-state index contributed by atoms with van der Waals surface area (Å²) in [6.45, 7) is 3.42. The number of nitrogens with one attached hydrogen (secondary N) is 2. The van der Waals surface area contributed by atoms with Gasteiger partial charge in [-0.3, -0.25) is 14.4 Å². The maximum atomic E-state index is 12.2. The Morgan fingerprint density at radius 2 is 1.37 bits per heavy atom. The highest BCUT2D eigenvalue weighted by Gasteiger charge is 2.11. The lowest BCUT2D eigenvalue weighted by Crippen LogP contribution is -2.22. The van der Waals surface area contributed by atoms with E-state index in [9.17, 15) is 14.4 Å². The third-order valence-electron chi connectivity index (χ3n) is 5.08. The Hall–Kier alpha value is -3.65. The number of carbonyl (C=O) groups is 3. The van der Waals surface area contributed by atoms with Crippen LogP contribution in [0.3, 0.4) is 0 Å². The van der Waals surface area contributed by atoms with Gasteiger partial charge in [-0.15, -0.1) is 0 Å². The fourth-order valence-corrected chi connectivity index (χ4v) is 3.53. The van der Waals surface area contributed by atoms with Crippen molar-refractivity contribution >= 4 is 45.1 Å². The van der Waals surface area contributed by atoms with Crippen molar-refractivity contribution in [2.45, 2.75) is 33.1 Å². The van der Waals surface area contributed by atoms with E-state index in [0.29, 0.717) is 23.6 Å². The lowest BCUT2D eigenvalue weighted by molar-refractivity contribution is -0.147. The van der Waals surface area contributed by atoms with Crippen molar-refractivity contribution in [2.75, 3.05) is 17.2 Å². The molecule has 0 aliphatic heterocycles. The van der Waals surface area contributed by atoms with Gasteiger partial charge in [0.1, 0.15) is 11.5 Å². The van der Waals surface area contributed by atoms with Gasteiger partial charge in [0.2, 0.25) is 5.91 Å². The van der Waals surface area contributed by atoms with Gasteiger partial charge in [-0.05, 0) is 79.9 Å². The van der Waals surface area contributed by atoms with E-state index in [1.165, 1.54) is 0 Å². The number of ether oxygens (including phenoxy) is 2. The van der Waals surface area contributed by atoms with Crippen molar-refractivity contribution in [1.82, 2.24) is 0 Å². The van der Waals surface area contributed by atoms with Crippen LogP contribution in [0.25, 0.3) is 0 Å². The van der Waals surface area contributed by atoms with Crippen LogP contribution in [0.5, 0.6) is 11.5 Å². The van der Waals surface area contributed by atoms with Crippen molar-refractivity contribution in [3.05, 3.63) is 82.3 Å². The molecule has 182 valence electrons. The molecule has 2 N–H and O–H groups in total. The molecule has 3 rings (SSSR count). The molecule has 0 saturated heterocycles. The van der Waals surface area contributed by atoms with E-state index >= 15 is 0 Å². The number of carbonyl (C=O) groups excluding carboxylic acids is 3. The topological polar surface area (TPSA) is 93.7 Å². The van der Waals surface area contributed by atoms with Gasteiger partial charge in [0, 0.05) is 28.7 Å². The van der Waals surface area contributed by atoms with Crippen molar-refractivity contribution in [3.63, 3.8) is 0 Å². The smallest absolute Gasteiger partial charge is 0.306 e. The number of para-hydroxylation sites is 1. The Labute approximate surface area is 213 Å². The van der Waals surface area contributed by atoms with Gasteiger partial charge in [-0.1, -0.05) is 34.1 Å². The monoisotopic (exact) mass is 538 g/mol. The molecular weight excluding hydrogens is 512 g/mol. The lowest BCUT2D eigenvalue weighted by atomic mass is 10.1. The summed E-state index contributed by atoms with van der Waals surface area (Å²) in [7, 11) is 0. The molecule has 8 heteroatoms. The molecule has 0 aliphatic carbocycles. The molecule has 0 aromatic heterocycles. The minimum atomic E-state index is -0.524. The summed E-state index contributed by atoms with van der Waals surface area (Å²) in [5.41, 5.74) is 3.21. The Morgan fingerprint density at radius 1 is 0.771 bits per heavy atom. The second-order valence-electron chi connectivity index (χ2n) is 7.96. The first kappa shape index (κ1) is 26.0. The Kier molecular flexibility index (Phi) is 9.43. The van der Waals surface area contributed by atoms with E-state index in [2.05, 4.69) is 26.6 Å². The number of hydrogen-bond donors (Lipinski definition) is 2. The van der Waals surface area contributed by atoms with Gasteiger partial charge in [-0.25, -0.2) is 0 Å². The summed E-state index contributed by atoms with van der Waals surface area (Å²) >= 11 is 3.38. The van der Waals surface area contributed by atoms with Gasteiger partial charge in [0.25, 0.3) is 5.91 Å². The van der Waals surface area contributed by atoms with Crippen LogP contribution in [0.15, 0.2) is 71.2 Å². The van der Waals surface area contributed by atoms with Crippen LogP contribution >= 0.6 is 15.9 Å². The fraction of sp³-hybridized carbons (Fsp3) is 0.222. The first-order valence-corrected chi connectivity index (χ1v) is 11.9. The predicted octanol–water partition coefficient (Wildman–Crippen LogP) is 6.15. The zero-order valence-electron chi connectivity index (χ0n) is 19.6.